The topological polar surface area (TPSA) is 17.1 Å². The molecule has 1 aliphatic carbocycles. The predicted molar refractivity (Wildman–Crippen MR) is 48.5 cm³/mol. The second-order valence-corrected chi connectivity index (χ2v) is 3.67. The summed E-state index contributed by atoms with van der Waals surface area (Å²) in [5, 5.41) is 0. The van der Waals surface area contributed by atoms with E-state index in [0.717, 1.165) is 6.42 Å². The van der Waals surface area contributed by atoms with Gasteiger partial charge in [0.2, 0.25) is 0 Å². The van der Waals surface area contributed by atoms with Gasteiger partial charge in [0.25, 0.3) is 0 Å². The van der Waals surface area contributed by atoms with Crippen LogP contribution < -0.4 is 0 Å². The molecule has 2 atom stereocenters. The van der Waals surface area contributed by atoms with Crippen molar-refractivity contribution in [3.63, 3.8) is 0 Å². The van der Waals surface area contributed by atoms with Gasteiger partial charge in [-0.25, -0.2) is 0 Å². The SMILES string of the molecule is CCC1CCCCC1C(C)=O.[HH]. The Bertz CT molecular complexity index is 145. The van der Waals surface area contributed by atoms with Crippen LogP contribution in [0.5, 0.6) is 0 Å². The summed E-state index contributed by atoms with van der Waals surface area (Å²) in [6, 6.07) is 0. The van der Waals surface area contributed by atoms with E-state index in [1.54, 1.807) is 6.92 Å². The fourth-order valence-electron chi connectivity index (χ4n) is 2.23. The minimum Gasteiger partial charge on any atom is -0.300 e. The van der Waals surface area contributed by atoms with Crippen LogP contribution in [0, 0.1) is 11.8 Å². The summed E-state index contributed by atoms with van der Waals surface area (Å²) in [6.45, 7) is 3.95. The van der Waals surface area contributed by atoms with Crippen LogP contribution in [-0.4, -0.2) is 5.78 Å². The molecular weight excluding hydrogens is 136 g/mol. The highest BCUT2D eigenvalue weighted by molar-refractivity contribution is 5.78. The molecule has 66 valence electrons. The zero-order chi connectivity index (χ0) is 8.27. The van der Waals surface area contributed by atoms with Gasteiger partial charge in [-0.1, -0.05) is 26.2 Å². The summed E-state index contributed by atoms with van der Waals surface area (Å²) in [6.07, 6.45) is 6.21. The van der Waals surface area contributed by atoms with E-state index >= 15 is 0 Å². The van der Waals surface area contributed by atoms with Crippen LogP contribution in [-0.2, 0) is 4.79 Å². The van der Waals surface area contributed by atoms with E-state index in [2.05, 4.69) is 6.92 Å². The number of hydrogen-bond acceptors (Lipinski definition) is 1. The average Bonchev–Trinajstić information content (AvgIpc) is 2.04. The Kier molecular flexibility index (Phi) is 3.10. The van der Waals surface area contributed by atoms with Gasteiger partial charge >= 0.3 is 0 Å². The molecule has 0 amide bonds. The van der Waals surface area contributed by atoms with Crippen molar-refractivity contribution in [3.8, 4) is 0 Å². The molecule has 0 spiro atoms. The maximum absolute atomic E-state index is 11.2. The van der Waals surface area contributed by atoms with E-state index in [9.17, 15) is 4.79 Å². The Labute approximate surface area is 70.7 Å². The Morgan fingerprint density at radius 3 is 2.55 bits per heavy atom. The normalized spacial score (nSPS) is 31.8. The van der Waals surface area contributed by atoms with E-state index in [1.807, 2.05) is 0 Å². The van der Waals surface area contributed by atoms with Gasteiger partial charge < -0.3 is 0 Å². The van der Waals surface area contributed by atoms with Crippen LogP contribution in [0.2, 0.25) is 0 Å². The molecule has 0 saturated heterocycles. The molecule has 0 aromatic heterocycles. The Morgan fingerprint density at radius 2 is 2.09 bits per heavy atom. The fraction of sp³-hybridized carbons (Fsp3) is 0.900. The summed E-state index contributed by atoms with van der Waals surface area (Å²) in [7, 11) is 0. The Hall–Kier alpha value is -0.330. The molecular formula is C10H20O. The highest BCUT2D eigenvalue weighted by atomic mass is 16.1. The first kappa shape index (κ1) is 8.76. The molecule has 0 N–H and O–H groups in total. The first-order valence-electron chi connectivity index (χ1n) is 4.76. The molecule has 0 aromatic rings. The lowest BCUT2D eigenvalue weighted by molar-refractivity contribution is -0.123. The second-order valence-electron chi connectivity index (χ2n) is 3.67. The molecule has 2 unspecified atom stereocenters. The van der Waals surface area contributed by atoms with Gasteiger partial charge in [-0.05, 0) is 25.7 Å². The van der Waals surface area contributed by atoms with Gasteiger partial charge in [-0.15, -0.1) is 0 Å². The van der Waals surface area contributed by atoms with Crippen LogP contribution in [0.4, 0.5) is 0 Å². The smallest absolute Gasteiger partial charge is 0.133 e. The lowest BCUT2D eigenvalue weighted by Gasteiger charge is -2.28. The molecule has 1 rings (SSSR count). The van der Waals surface area contributed by atoms with E-state index in [1.165, 1.54) is 25.7 Å². The van der Waals surface area contributed by atoms with Crippen LogP contribution in [0.1, 0.15) is 47.4 Å². The molecule has 1 nitrogen and oxygen atoms in total. The van der Waals surface area contributed by atoms with E-state index < -0.39 is 0 Å². The third kappa shape index (κ3) is 2.05. The monoisotopic (exact) mass is 156 g/mol. The van der Waals surface area contributed by atoms with Crippen molar-refractivity contribution >= 4 is 5.78 Å². The predicted octanol–water partition coefficient (Wildman–Crippen LogP) is 3.04. The van der Waals surface area contributed by atoms with Crippen molar-refractivity contribution < 1.29 is 6.22 Å². The van der Waals surface area contributed by atoms with Crippen molar-refractivity contribution in [3.05, 3.63) is 0 Å². The maximum Gasteiger partial charge on any atom is 0.133 e. The molecule has 1 fully saturated rings. The molecule has 0 bridgehead atoms. The maximum atomic E-state index is 11.2. The number of Topliss-reactive ketones (excluding diaryl/α,β-unsaturated/α-hetero) is 1. The fourth-order valence-corrected chi connectivity index (χ4v) is 2.23. The number of carbonyl (C=O) groups is 1. The number of hydrogen-bond donors (Lipinski definition) is 0. The number of carbonyl (C=O) groups excluding carboxylic acids is 1. The molecule has 1 saturated carbocycles. The second kappa shape index (κ2) is 3.89. The molecule has 0 aliphatic heterocycles. The van der Waals surface area contributed by atoms with Crippen molar-refractivity contribution in [1.29, 1.82) is 0 Å². The van der Waals surface area contributed by atoms with Gasteiger partial charge in [-0.3, -0.25) is 4.79 Å². The number of rotatable bonds is 2. The van der Waals surface area contributed by atoms with Crippen molar-refractivity contribution in [1.82, 2.24) is 0 Å². The lowest BCUT2D eigenvalue weighted by atomic mass is 9.76. The Balaban J connectivity index is 0.00000121. The zero-order valence-corrected chi connectivity index (χ0v) is 7.60. The molecule has 1 heteroatoms. The summed E-state index contributed by atoms with van der Waals surface area (Å²) < 4.78 is 0. The van der Waals surface area contributed by atoms with Crippen LogP contribution in [0.15, 0.2) is 0 Å². The Morgan fingerprint density at radius 1 is 1.45 bits per heavy atom. The summed E-state index contributed by atoms with van der Waals surface area (Å²) in [5.41, 5.74) is 0. The van der Waals surface area contributed by atoms with Gasteiger partial charge in [0.05, 0.1) is 0 Å². The van der Waals surface area contributed by atoms with Crippen molar-refractivity contribution in [2.75, 3.05) is 0 Å². The summed E-state index contributed by atoms with van der Waals surface area (Å²) in [5.74, 6) is 1.51. The van der Waals surface area contributed by atoms with Crippen LogP contribution >= 0.6 is 0 Å². The van der Waals surface area contributed by atoms with Crippen molar-refractivity contribution in [2.24, 2.45) is 11.8 Å². The van der Waals surface area contributed by atoms with Gasteiger partial charge in [0.1, 0.15) is 5.78 Å². The molecule has 0 radical (unpaired) electrons. The quantitative estimate of drug-likeness (QED) is 0.600. The molecule has 0 heterocycles. The largest absolute Gasteiger partial charge is 0.300 e. The highest BCUT2D eigenvalue weighted by Gasteiger charge is 2.26. The van der Waals surface area contributed by atoms with E-state index in [0.29, 0.717) is 17.6 Å². The minimum atomic E-state index is 0. The third-order valence-electron chi connectivity index (χ3n) is 2.96. The highest BCUT2D eigenvalue weighted by Crippen LogP contribution is 2.32. The molecule has 1 aliphatic rings. The standard InChI is InChI=1S/C10H18O.H2/c1-3-9-6-4-5-7-10(9)8(2)11;/h9-10H,3-7H2,1-2H3;1H. The molecule has 0 aromatic carbocycles. The van der Waals surface area contributed by atoms with Gasteiger partial charge in [0.15, 0.2) is 0 Å². The summed E-state index contributed by atoms with van der Waals surface area (Å²) >= 11 is 0. The first-order valence-corrected chi connectivity index (χ1v) is 4.76. The van der Waals surface area contributed by atoms with Crippen LogP contribution in [0.3, 0.4) is 0 Å². The lowest BCUT2D eigenvalue weighted by Crippen LogP contribution is -2.24. The van der Waals surface area contributed by atoms with E-state index in [-0.39, 0.29) is 1.43 Å². The summed E-state index contributed by atoms with van der Waals surface area (Å²) in [4.78, 5) is 11.2. The minimum absolute atomic E-state index is 0. The first-order chi connectivity index (χ1) is 5.25. The van der Waals surface area contributed by atoms with Gasteiger partial charge in [-0.2, -0.15) is 0 Å². The van der Waals surface area contributed by atoms with Crippen LogP contribution in [0.25, 0.3) is 0 Å². The molecule has 11 heavy (non-hydrogen) atoms. The average molecular weight is 156 g/mol. The zero-order valence-electron chi connectivity index (χ0n) is 7.60. The van der Waals surface area contributed by atoms with E-state index in [4.69, 9.17) is 0 Å². The van der Waals surface area contributed by atoms with Crippen molar-refractivity contribution in [2.45, 2.75) is 46.0 Å². The van der Waals surface area contributed by atoms with Gasteiger partial charge in [0, 0.05) is 7.34 Å². The number of ketones is 1. The third-order valence-corrected chi connectivity index (χ3v) is 2.96.